The molecule has 2 unspecified atom stereocenters. The van der Waals surface area contributed by atoms with E-state index in [4.69, 9.17) is 16.1 Å². The van der Waals surface area contributed by atoms with Crippen LogP contribution in [-0.2, 0) is 9.59 Å². The van der Waals surface area contributed by atoms with Crippen molar-refractivity contribution in [2.75, 3.05) is 0 Å². The molecule has 0 bridgehead atoms. The Bertz CT molecular complexity index is 830. The summed E-state index contributed by atoms with van der Waals surface area (Å²) >= 11 is 5.94. The second-order valence-corrected chi connectivity index (χ2v) is 8.00. The van der Waals surface area contributed by atoms with Gasteiger partial charge in [0.25, 0.3) is 0 Å². The maximum Gasteiger partial charge on any atom is 0.249 e. The summed E-state index contributed by atoms with van der Waals surface area (Å²) in [5, 5.41) is 10.4. The Balaban J connectivity index is 1.70. The van der Waals surface area contributed by atoms with Crippen LogP contribution in [0.2, 0.25) is 5.02 Å². The topological polar surface area (TPSA) is 97.1 Å². The van der Waals surface area contributed by atoms with Crippen molar-refractivity contribution in [1.82, 2.24) is 20.8 Å². The molecule has 1 aliphatic rings. The predicted molar refractivity (Wildman–Crippen MR) is 105 cm³/mol. The number of benzene rings is 1. The zero-order valence-corrected chi connectivity index (χ0v) is 17.0. The summed E-state index contributed by atoms with van der Waals surface area (Å²) < 4.78 is 5.40. The minimum Gasteiger partial charge on any atom is -0.349 e. The van der Waals surface area contributed by atoms with Crippen molar-refractivity contribution in [2.45, 2.75) is 58.0 Å². The van der Waals surface area contributed by atoms with Gasteiger partial charge in [-0.25, -0.2) is 0 Å². The average Bonchev–Trinajstić information content (AvgIpc) is 3.37. The lowest BCUT2D eigenvalue weighted by Crippen LogP contribution is -2.36. The lowest BCUT2D eigenvalue weighted by atomic mass is 10.0. The maximum absolute atomic E-state index is 12.7. The minimum atomic E-state index is -0.452. The van der Waals surface area contributed by atoms with E-state index in [1.165, 1.54) is 6.92 Å². The quantitative estimate of drug-likeness (QED) is 0.699. The van der Waals surface area contributed by atoms with Gasteiger partial charge >= 0.3 is 0 Å². The number of carbonyl (C=O) groups excluding carboxylic acids is 2. The van der Waals surface area contributed by atoms with Crippen LogP contribution >= 0.6 is 11.6 Å². The number of halogens is 1. The molecular weight excluding hydrogens is 380 g/mol. The molecule has 1 saturated carbocycles. The van der Waals surface area contributed by atoms with E-state index in [2.05, 4.69) is 20.8 Å². The van der Waals surface area contributed by atoms with E-state index in [9.17, 15) is 9.59 Å². The van der Waals surface area contributed by atoms with Gasteiger partial charge in [-0.3, -0.25) is 9.59 Å². The van der Waals surface area contributed by atoms with Crippen LogP contribution in [0.4, 0.5) is 0 Å². The molecule has 2 aromatic rings. The summed E-state index contributed by atoms with van der Waals surface area (Å²) in [6.45, 7) is 5.39. The smallest absolute Gasteiger partial charge is 0.249 e. The SMILES string of the molecule is CC(=O)NC(CC(=O)NC(c1nc(C2CC2)no1)C(C)C)c1ccc(Cl)cc1. The van der Waals surface area contributed by atoms with Crippen LogP contribution in [0.1, 0.15) is 75.3 Å². The zero-order chi connectivity index (χ0) is 20.3. The first-order chi connectivity index (χ1) is 13.3. The van der Waals surface area contributed by atoms with Gasteiger partial charge in [0.1, 0.15) is 6.04 Å². The van der Waals surface area contributed by atoms with Crippen LogP contribution in [0.5, 0.6) is 0 Å². The van der Waals surface area contributed by atoms with E-state index in [0.717, 1.165) is 18.4 Å². The molecule has 2 atom stereocenters. The Morgan fingerprint density at radius 3 is 2.46 bits per heavy atom. The number of hydrogen-bond donors (Lipinski definition) is 2. The summed E-state index contributed by atoms with van der Waals surface area (Å²) in [4.78, 5) is 28.8. The summed E-state index contributed by atoms with van der Waals surface area (Å²) in [5.74, 6) is 1.18. The van der Waals surface area contributed by atoms with Crippen LogP contribution < -0.4 is 10.6 Å². The number of rotatable bonds is 8. The second-order valence-electron chi connectivity index (χ2n) is 7.56. The van der Waals surface area contributed by atoms with Crippen molar-refractivity contribution >= 4 is 23.4 Å². The third-order valence-electron chi connectivity index (χ3n) is 4.69. The summed E-state index contributed by atoms with van der Waals surface area (Å²) in [5.41, 5.74) is 0.810. The van der Waals surface area contributed by atoms with E-state index in [0.29, 0.717) is 22.7 Å². The molecule has 0 aliphatic heterocycles. The molecule has 1 aromatic heterocycles. The van der Waals surface area contributed by atoms with Crippen molar-refractivity contribution in [3.8, 4) is 0 Å². The Morgan fingerprint density at radius 1 is 1.21 bits per heavy atom. The number of nitrogens with one attached hydrogen (secondary N) is 2. The van der Waals surface area contributed by atoms with Gasteiger partial charge in [-0.1, -0.05) is 42.7 Å². The van der Waals surface area contributed by atoms with Crippen LogP contribution in [0.3, 0.4) is 0 Å². The molecule has 8 heteroatoms. The summed E-state index contributed by atoms with van der Waals surface area (Å²) in [6, 6.07) is 6.24. The molecule has 7 nitrogen and oxygen atoms in total. The van der Waals surface area contributed by atoms with Crippen LogP contribution in [0.15, 0.2) is 28.8 Å². The van der Waals surface area contributed by atoms with Gasteiger partial charge in [0.15, 0.2) is 5.82 Å². The van der Waals surface area contributed by atoms with Gasteiger partial charge in [0, 0.05) is 17.9 Å². The Labute approximate surface area is 169 Å². The molecule has 0 saturated heterocycles. The van der Waals surface area contributed by atoms with Gasteiger partial charge in [-0.05, 0) is 36.5 Å². The van der Waals surface area contributed by atoms with E-state index in [1.807, 2.05) is 13.8 Å². The molecule has 1 aliphatic carbocycles. The first-order valence-electron chi connectivity index (χ1n) is 9.49. The number of nitrogens with zero attached hydrogens (tertiary/aromatic N) is 2. The lowest BCUT2D eigenvalue weighted by molar-refractivity contribution is -0.123. The molecule has 1 aromatic carbocycles. The van der Waals surface area contributed by atoms with E-state index in [1.54, 1.807) is 24.3 Å². The Morgan fingerprint density at radius 2 is 1.89 bits per heavy atom. The van der Waals surface area contributed by atoms with Crippen molar-refractivity contribution < 1.29 is 14.1 Å². The fourth-order valence-electron chi connectivity index (χ4n) is 3.00. The lowest BCUT2D eigenvalue weighted by Gasteiger charge is -2.22. The van der Waals surface area contributed by atoms with Crippen molar-refractivity contribution in [1.29, 1.82) is 0 Å². The fraction of sp³-hybridized carbons (Fsp3) is 0.500. The fourth-order valence-corrected chi connectivity index (χ4v) is 3.13. The van der Waals surface area contributed by atoms with Crippen molar-refractivity contribution in [3.63, 3.8) is 0 Å². The third kappa shape index (κ3) is 5.32. The zero-order valence-electron chi connectivity index (χ0n) is 16.2. The normalized spacial score (nSPS) is 15.9. The molecule has 150 valence electrons. The molecule has 3 rings (SSSR count). The van der Waals surface area contributed by atoms with E-state index < -0.39 is 6.04 Å². The number of hydrogen-bond acceptors (Lipinski definition) is 5. The maximum atomic E-state index is 12.7. The summed E-state index contributed by atoms with van der Waals surface area (Å²) in [7, 11) is 0. The Hall–Kier alpha value is -2.41. The highest BCUT2D eigenvalue weighted by Gasteiger charge is 2.32. The van der Waals surface area contributed by atoms with E-state index in [-0.39, 0.29) is 30.2 Å². The summed E-state index contributed by atoms with van der Waals surface area (Å²) in [6.07, 6.45) is 2.25. The largest absolute Gasteiger partial charge is 0.349 e. The first-order valence-corrected chi connectivity index (χ1v) is 9.86. The van der Waals surface area contributed by atoms with Crippen LogP contribution in [0, 0.1) is 5.92 Å². The molecule has 28 heavy (non-hydrogen) atoms. The molecule has 2 N–H and O–H groups in total. The molecule has 0 radical (unpaired) electrons. The van der Waals surface area contributed by atoms with E-state index >= 15 is 0 Å². The van der Waals surface area contributed by atoms with Gasteiger partial charge in [0.05, 0.1) is 12.5 Å². The highest BCUT2D eigenvalue weighted by atomic mass is 35.5. The Kier molecular flexibility index (Phi) is 6.34. The van der Waals surface area contributed by atoms with Gasteiger partial charge in [0.2, 0.25) is 17.7 Å². The van der Waals surface area contributed by atoms with Gasteiger partial charge in [-0.15, -0.1) is 0 Å². The molecule has 1 heterocycles. The molecule has 1 fully saturated rings. The highest BCUT2D eigenvalue weighted by molar-refractivity contribution is 6.30. The third-order valence-corrected chi connectivity index (χ3v) is 4.94. The number of amides is 2. The van der Waals surface area contributed by atoms with Crippen LogP contribution in [-0.4, -0.2) is 22.0 Å². The predicted octanol–water partition coefficient (Wildman–Crippen LogP) is 3.68. The first kappa shape index (κ1) is 20.3. The molecule has 2 amide bonds. The van der Waals surface area contributed by atoms with Gasteiger partial charge < -0.3 is 15.2 Å². The second kappa shape index (κ2) is 8.73. The molecular formula is C20H25ClN4O3. The standard InChI is InChI=1S/C20H25ClN4O3/c1-11(2)18(20-24-19(25-28-20)14-4-5-14)23-17(27)10-16(22-12(3)26)13-6-8-15(21)9-7-13/h6-9,11,14,16,18H,4-5,10H2,1-3H3,(H,22,26)(H,23,27). The average molecular weight is 405 g/mol. The van der Waals surface area contributed by atoms with Crippen LogP contribution in [0.25, 0.3) is 0 Å². The van der Waals surface area contributed by atoms with Crippen molar-refractivity contribution in [2.24, 2.45) is 5.92 Å². The number of carbonyl (C=O) groups is 2. The highest BCUT2D eigenvalue weighted by Crippen LogP contribution is 2.38. The number of aromatic nitrogens is 2. The van der Waals surface area contributed by atoms with Crippen molar-refractivity contribution in [3.05, 3.63) is 46.6 Å². The minimum absolute atomic E-state index is 0.0752. The van der Waals surface area contributed by atoms with Gasteiger partial charge in [-0.2, -0.15) is 4.98 Å². The molecule has 0 spiro atoms. The monoisotopic (exact) mass is 404 g/mol.